The Morgan fingerprint density at radius 3 is 2.30 bits per heavy atom. The highest BCUT2D eigenvalue weighted by Gasteiger charge is 2.35. The van der Waals surface area contributed by atoms with Gasteiger partial charge in [-0.1, -0.05) is 0 Å². The fourth-order valence-electron chi connectivity index (χ4n) is 3.10. The molecule has 184 valence electrons. The summed E-state index contributed by atoms with van der Waals surface area (Å²) in [5.74, 6) is -3.89. The van der Waals surface area contributed by atoms with Crippen LogP contribution in [-0.2, 0) is 19.1 Å². The van der Waals surface area contributed by atoms with Crippen LogP contribution in [0.2, 0.25) is 0 Å². The molecule has 3 N–H and O–H groups in total. The van der Waals surface area contributed by atoms with Crippen LogP contribution in [0.5, 0.6) is 5.75 Å². The molecule has 9 nitrogen and oxygen atoms in total. The number of rotatable bonds is 11. The third-order valence-electron chi connectivity index (χ3n) is 4.35. The third-order valence-corrected chi connectivity index (χ3v) is 4.35. The fourth-order valence-corrected chi connectivity index (χ4v) is 3.10. The zero-order valence-electron chi connectivity index (χ0n) is 16.9. The maximum Gasteiger partial charge on any atom is 0.387 e. The number of hydrogen-bond donors (Lipinski definition) is 2. The Balaban J connectivity index is 2.31. The zero-order valence-corrected chi connectivity index (χ0v) is 16.9. The molecule has 2 rings (SSSR count). The molecular formula is C18H20F6N4O5. The van der Waals surface area contributed by atoms with Crippen molar-refractivity contribution in [3.05, 3.63) is 18.2 Å². The minimum Gasteiger partial charge on any atom is -0.433 e. The topological polar surface area (TPSA) is 114 Å². The molecule has 33 heavy (non-hydrogen) atoms. The Bertz CT molecular complexity index is 850. The summed E-state index contributed by atoms with van der Waals surface area (Å²) in [7, 11) is 0. The number of alkyl halides is 6. The van der Waals surface area contributed by atoms with Gasteiger partial charge in [0.2, 0.25) is 5.91 Å². The molecule has 0 unspecified atom stereocenters. The van der Waals surface area contributed by atoms with Gasteiger partial charge in [0, 0.05) is 18.3 Å². The molecule has 1 atom stereocenters. The fraction of sp³-hybridized carbons (Fsp3) is 0.500. The lowest BCUT2D eigenvalue weighted by Gasteiger charge is -2.29. The smallest absolute Gasteiger partial charge is 0.387 e. The maximum absolute atomic E-state index is 12.9. The van der Waals surface area contributed by atoms with Crippen molar-refractivity contribution in [1.29, 1.82) is 0 Å². The molecule has 0 aromatic heterocycles. The third kappa shape index (κ3) is 7.49. The quantitative estimate of drug-likeness (QED) is 0.360. The summed E-state index contributed by atoms with van der Waals surface area (Å²) in [5, 5.41) is 2.08. The predicted molar refractivity (Wildman–Crippen MR) is 101 cm³/mol. The highest BCUT2D eigenvalue weighted by atomic mass is 19.3. The molecule has 0 radical (unpaired) electrons. The van der Waals surface area contributed by atoms with Crippen molar-refractivity contribution in [1.82, 2.24) is 4.90 Å². The first-order chi connectivity index (χ1) is 15.5. The number of carbonyl (C=O) groups is 3. The van der Waals surface area contributed by atoms with E-state index in [2.05, 4.69) is 10.1 Å². The monoisotopic (exact) mass is 486 g/mol. The molecule has 1 aliphatic rings. The average molecular weight is 486 g/mol. The average Bonchev–Trinajstić information content (AvgIpc) is 2.67. The number of nitrogens with one attached hydrogen (secondary N) is 1. The number of primary amides is 1. The van der Waals surface area contributed by atoms with Crippen molar-refractivity contribution >= 4 is 29.1 Å². The number of nitrogens with two attached hydrogens (primary N) is 1. The van der Waals surface area contributed by atoms with Gasteiger partial charge in [-0.05, 0) is 12.1 Å². The van der Waals surface area contributed by atoms with Crippen molar-refractivity contribution < 1.29 is 50.2 Å². The second kappa shape index (κ2) is 11.7. The summed E-state index contributed by atoms with van der Waals surface area (Å²) in [6.07, 6.45) is -6.32. The second-order valence-electron chi connectivity index (χ2n) is 6.69. The highest BCUT2D eigenvalue weighted by Crippen LogP contribution is 2.33. The van der Waals surface area contributed by atoms with E-state index in [1.807, 2.05) is 0 Å². The lowest BCUT2D eigenvalue weighted by atomic mass is 10.1. The largest absolute Gasteiger partial charge is 0.433 e. The van der Waals surface area contributed by atoms with Gasteiger partial charge in [-0.3, -0.25) is 19.3 Å². The SMILES string of the molecule is NC(=O)[C@@H](C(=O)Nc1ccc(N2CCOCC2=O)c(OC(F)F)c1)N(CC(F)F)CC(F)F. The second-order valence-corrected chi connectivity index (χ2v) is 6.69. The molecule has 0 aliphatic carbocycles. The Labute approximate surface area is 183 Å². The molecule has 3 amide bonds. The number of benzene rings is 1. The molecular weight excluding hydrogens is 466 g/mol. The number of anilines is 2. The van der Waals surface area contributed by atoms with Crippen LogP contribution in [0.1, 0.15) is 0 Å². The number of carbonyl (C=O) groups excluding carboxylic acids is 3. The lowest BCUT2D eigenvalue weighted by molar-refractivity contribution is -0.134. The van der Waals surface area contributed by atoms with Crippen molar-refractivity contribution in [2.45, 2.75) is 25.5 Å². The normalized spacial score (nSPS) is 15.5. The minimum absolute atomic E-state index is 0.0318. The van der Waals surface area contributed by atoms with Gasteiger partial charge in [-0.25, -0.2) is 17.6 Å². The number of ether oxygens (including phenoxy) is 2. The lowest BCUT2D eigenvalue weighted by Crippen LogP contribution is -2.54. The summed E-state index contributed by atoms with van der Waals surface area (Å²) in [4.78, 5) is 37.6. The van der Waals surface area contributed by atoms with Crippen molar-refractivity contribution in [3.8, 4) is 5.75 Å². The van der Waals surface area contributed by atoms with Crippen molar-refractivity contribution in [3.63, 3.8) is 0 Å². The van der Waals surface area contributed by atoms with Crippen LogP contribution >= 0.6 is 0 Å². The Morgan fingerprint density at radius 1 is 1.15 bits per heavy atom. The molecule has 0 spiro atoms. The van der Waals surface area contributed by atoms with E-state index in [4.69, 9.17) is 10.5 Å². The molecule has 1 fully saturated rings. The molecule has 1 aromatic rings. The van der Waals surface area contributed by atoms with E-state index in [9.17, 15) is 40.7 Å². The summed E-state index contributed by atoms with van der Waals surface area (Å²) in [5.41, 5.74) is 4.75. The number of hydrogen-bond acceptors (Lipinski definition) is 6. The van der Waals surface area contributed by atoms with E-state index < -0.39 is 62.1 Å². The van der Waals surface area contributed by atoms with Crippen LogP contribution in [0.25, 0.3) is 0 Å². The van der Waals surface area contributed by atoms with Gasteiger partial charge < -0.3 is 25.4 Å². The van der Waals surface area contributed by atoms with Crippen LogP contribution in [-0.4, -0.2) is 81.0 Å². The Morgan fingerprint density at radius 2 is 1.79 bits per heavy atom. The van der Waals surface area contributed by atoms with Crippen LogP contribution in [0, 0.1) is 0 Å². The summed E-state index contributed by atoms with van der Waals surface area (Å²) >= 11 is 0. The summed E-state index contributed by atoms with van der Waals surface area (Å²) < 4.78 is 86.3. The van der Waals surface area contributed by atoms with Gasteiger partial charge in [0.15, 0.2) is 11.8 Å². The van der Waals surface area contributed by atoms with E-state index in [-0.39, 0.29) is 36.0 Å². The van der Waals surface area contributed by atoms with E-state index in [1.165, 1.54) is 0 Å². The van der Waals surface area contributed by atoms with Crippen LogP contribution < -0.4 is 20.7 Å². The number of nitrogens with zero attached hydrogens (tertiary/aromatic N) is 2. The number of amides is 3. The minimum atomic E-state index is -3.31. The van der Waals surface area contributed by atoms with Crippen LogP contribution in [0.3, 0.4) is 0 Å². The first-order valence-corrected chi connectivity index (χ1v) is 9.37. The first-order valence-electron chi connectivity index (χ1n) is 9.37. The van der Waals surface area contributed by atoms with Gasteiger partial charge in [0.25, 0.3) is 24.7 Å². The molecule has 0 bridgehead atoms. The first kappa shape index (κ1) is 26.2. The molecule has 15 heteroatoms. The summed E-state index contributed by atoms with van der Waals surface area (Å²) in [6.45, 7) is -6.13. The van der Waals surface area contributed by atoms with E-state index >= 15 is 0 Å². The predicted octanol–water partition coefficient (Wildman–Crippen LogP) is 1.28. The van der Waals surface area contributed by atoms with Crippen molar-refractivity contribution in [2.75, 3.05) is 43.1 Å². The van der Waals surface area contributed by atoms with E-state index in [1.54, 1.807) is 0 Å². The standard InChI is InChI=1S/C18H20F6N4O5/c19-12(20)6-27(7-13(21)22)15(16(25)30)17(31)26-9-1-2-10(11(5-9)33-18(23)24)28-3-4-32-8-14(28)29/h1-2,5,12-13,15,18H,3-4,6-8H2,(H2,25,30)(H,26,31)/t15-/m0/s1. The number of morpholine rings is 1. The van der Waals surface area contributed by atoms with Crippen LogP contribution in [0.4, 0.5) is 37.7 Å². The van der Waals surface area contributed by atoms with Gasteiger partial charge in [-0.15, -0.1) is 0 Å². The molecule has 1 aliphatic heterocycles. The zero-order chi connectivity index (χ0) is 24.7. The Hall–Kier alpha value is -3.07. The van der Waals surface area contributed by atoms with Gasteiger partial charge in [0.05, 0.1) is 25.4 Å². The van der Waals surface area contributed by atoms with Gasteiger partial charge in [0.1, 0.15) is 6.61 Å². The number of halogens is 6. The molecule has 0 saturated carbocycles. The maximum atomic E-state index is 12.9. The van der Waals surface area contributed by atoms with E-state index in [0.717, 1.165) is 23.1 Å². The van der Waals surface area contributed by atoms with Gasteiger partial charge in [-0.2, -0.15) is 8.78 Å². The van der Waals surface area contributed by atoms with E-state index in [0.29, 0.717) is 0 Å². The molecule has 1 heterocycles. The van der Waals surface area contributed by atoms with Crippen molar-refractivity contribution in [2.24, 2.45) is 5.73 Å². The Kier molecular flexibility index (Phi) is 9.28. The molecule has 1 aromatic carbocycles. The van der Waals surface area contributed by atoms with Gasteiger partial charge >= 0.3 is 6.61 Å². The molecule has 1 saturated heterocycles. The highest BCUT2D eigenvalue weighted by molar-refractivity contribution is 6.09. The van der Waals surface area contributed by atoms with Crippen LogP contribution in [0.15, 0.2) is 18.2 Å². The summed E-state index contributed by atoms with van der Waals surface area (Å²) in [6, 6.07) is 1.00.